The standard InChI is InChI=1S/C16H24N2O/c1-13(2)12-19-10-4-8-17-11-14-5-3-6-16-15(14)7-9-18-16/h3,5-7,9,13,17-18H,4,8,10-12H2,1-2H3. The summed E-state index contributed by atoms with van der Waals surface area (Å²) in [6.45, 7) is 7.98. The van der Waals surface area contributed by atoms with Crippen LogP contribution in [0.1, 0.15) is 25.8 Å². The second-order valence-electron chi connectivity index (χ2n) is 5.36. The van der Waals surface area contributed by atoms with Gasteiger partial charge < -0.3 is 15.0 Å². The molecule has 19 heavy (non-hydrogen) atoms. The molecule has 0 saturated heterocycles. The minimum absolute atomic E-state index is 0.624. The van der Waals surface area contributed by atoms with Crippen molar-refractivity contribution in [1.29, 1.82) is 0 Å². The third kappa shape index (κ3) is 4.37. The monoisotopic (exact) mass is 260 g/mol. The molecular weight excluding hydrogens is 236 g/mol. The normalized spacial score (nSPS) is 11.5. The van der Waals surface area contributed by atoms with E-state index in [0.29, 0.717) is 5.92 Å². The third-order valence-corrected chi connectivity index (χ3v) is 3.09. The smallest absolute Gasteiger partial charge is 0.0489 e. The Kier molecular flexibility index (Phi) is 5.43. The maximum Gasteiger partial charge on any atom is 0.0489 e. The van der Waals surface area contributed by atoms with Crippen molar-refractivity contribution < 1.29 is 4.74 Å². The van der Waals surface area contributed by atoms with E-state index in [1.54, 1.807) is 0 Å². The first-order valence-corrected chi connectivity index (χ1v) is 7.11. The molecular formula is C16H24N2O. The molecule has 3 nitrogen and oxygen atoms in total. The SMILES string of the molecule is CC(C)COCCCNCc1cccc2[nH]ccc12. The predicted octanol–water partition coefficient (Wildman–Crippen LogP) is 3.32. The fourth-order valence-electron chi connectivity index (χ4n) is 2.15. The predicted molar refractivity (Wildman–Crippen MR) is 80.3 cm³/mol. The fraction of sp³-hybridized carbons (Fsp3) is 0.500. The summed E-state index contributed by atoms with van der Waals surface area (Å²) in [5.74, 6) is 0.624. The van der Waals surface area contributed by atoms with Crippen LogP contribution in [0.5, 0.6) is 0 Å². The molecule has 2 rings (SSSR count). The highest BCUT2D eigenvalue weighted by molar-refractivity contribution is 5.82. The van der Waals surface area contributed by atoms with Crippen LogP contribution in [0.15, 0.2) is 30.5 Å². The summed E-state index contributed by atoms with van der Waals surface area (Å²) in [5.41, 5.74) is 2.56. The lowest BCUT2D eigenvalue weighted by Crippen LogP contribution is -2.17. The van der Waals surface area contributed by atoms with Crippen LogP contribution in [-0.2, 0) is 11.3 Å². The van der Waals surface area contributed by atoms with E-state index in [-0.39, 0.29) is 0 Å². The zero-order valence-corrected chi connectivity index (χ0v) is 11.9. The number of nitrogens with one attached hydrogen (secondary N) is 2. The van der Waals surface area contributed by atoms with E-state index in [0.717, 1.165) is 32.7 Å². The zero-order valence-electron chi connectivity index (χ0n) is 11.9. The number of aromatic nitrogens is 1. The van der Waals surface area contributed by atoms with E-state index < -0.39 is 0 Å². The lowest BCUT2D eigenvalue weighted by Gasteiger charge is -2.08. The summed E-state index contributed by atoms with van der Waals surface area (Å²) in [7, 11) is 0. The zero-order chi connectivity index (χ0) is 13.5. The van der Waals surface area contributed by atoms with Crippen LogP contribution in [0, 0.1) is 5.92 Å². The number of hydrogen-bond acceptors (Lipinski definition) is 2. The second-order valence-corrected chi connectivity index (χ2v) is 5.36. The summed E-state index contributed by atoms with van der Waals surface area (Å²) in [6.07, 6.45) is 3.06. The molecule has 0 unspecified atom stereocenters. The molecule has 0 radical (unpaired) electrons. The molecule has 1 aromatic carbocycles. The average Bonchev–Trinajstić information content (AvgIpc) is 2.86. The Morgan fingerprint density at radius 2 is 2.16 bits per heavy atom. The molecule has 0 amide bonds. The number of rotatable bonds is 8. The van der Waals surface area contributed by atoms with Crippen molar-refractivity contribution in [3.8, 4) is 0 Å². The van der Waals surface area contributed by atoms with Gasteiger partial charge in [0, 0.05) is 36.9 Å². The van der Waals surface area contributed by atoms with Gasteiger partial charge in [-0.15, -0.1) is 0 Å². The van der Waals surface area contributed by atoms with Crippen LogP contribution >= 0.6 is 0 Å². The molecule has 104 valence electrons. The Balaban J connectivity index is 1.67. The first-order valence-electron chi connectivity index (χ1n) is 7.11. The molecule has 2 aromatic rings. The molecule has 1 aromatic heterocycles. The summed E-state index contributed by atoms with van der Waals surface area (Å²) in [6, 6.07) is 8.52. The Bertz CT molecular complexity index is 490. The summed E-state index contributed by atoms with van der Waals surface area (Å²) >= 11 is 0. The van der Waals surface area contributed by atoms with E-state index >= 15 is 0 Å². The van der Waals surface area contributed by atoms with Crippen molar-refractivity contribution in [2.45, 2.75) is 26.8 Å². The van der Waals surface area contributed by atoms with Gasteiger partial charge in [-0.25, -0.2) is 0 Å². The van der Waals surface area contributed by atoms with Gasteiger partial charge in [0.1, 0.15) is 0 Å². The van der Waals surface area contributed by atoms with Gasteiger partial charge in [-0.3, -0.25) is 0 Å². The molecule has 0 saturated carbocycles. The first-order chi connectivity index (χ1) is 9.27. The Labute approximate surface area is 115 Å². The van der Waals surface area contributed by atoms with Crippen LogP contribution < -0.4 is 5.32 Å². The van der Waals surface area contributed by atoms with Gasteiger partial charge in [0.2, 0.25) is 0 Å². The number of fused-ring (bicyclic) bond motifs is 1. The maximum atomic E-state index is 5.56. The van der Waals surface area contributed by atoms with Crippen molar-refractivity contribution in [3.05, 3.63) is 36.0 Å². The number of hydrogen-bond donors (Lipinski definition) is 2. The number of benzene rings is 1. The molecule has 0 aliphatic carbocycles. The summed E-state index contributed by atoms with van der Waals surface area (Å²) in [4.78, 5) is 3.24. The molecule has 3 heteroatoms. The van der Waals surface area contributed by atoms with Crippen molar-refractivity contribution >= 4 is 10.9 Å². The van der Waals surface area contributed by atoms with E-state index in [1.807, 2.05) is 6.20 Å². The highest BCUT2D eigenvalue weighted by Crippen LogP contribution is 2.16. The molecule has 0 bridgehead atoms. The molecule has 0 aliphatic heterocycles. The molecule has 2 N–H and O–H groups in total. The maximum absolute atomic E-state index is 5.56. The minimum atomic E-state index is 0.624. The van der Waals surface area contributed by atoms with Gasteiger partial charge in [-0.05, 0) is 36.6 Å². The lowest BCUT2D eigenvalue weighted by molar-refractivity contribution is 0.108. The largest absolute Gasteiger partial charge is 0.381 e. The number of H-pyrrole nitrogens is 1. The van der Waals surface area contributed by atoms with Crippen molar-refractivity contribution in [2.24, 2.45) is 5.92 Å². The third-order valence-electron chi connectivity index (χ3n) is 3.09. The topological polar surface area (TPSA) is 37.0 Å². The highest BCUT2D eigenvalue weighted by Gasteiger charge is 2.00. The van der Waals surface area contributed by atoms with Crippen LogP contribution in [0.25, 0.3) is 10.9 Å². The van der Waals surface area contributed by atoms with Crippen molar-refractivity contribution in [1.82, 2.24) is 10.3 Å². The van der Waals surface area contributed by atoms with E-state index in [4.69, 9.17) is 4.74 Å². The second kappa shape index (κ2) is 7.31. The number of ether oxygens (including phenoxy) is 1. The quantitative estimate of drug-likeness (QED) is 0.714. The lowest BCUT2D eigenvalue weighted by atomic mass is 10.1. The van der Waals surface area contributed by atoms with Crippen molar-refractivity contribution in [3.63, 3.8) is 0 Å². The number of aromatic amines is 1. The van der Waals surface area contributed by atoms with E-state index in [2.05, 4.69) is 48.4 Å². The molecule has 0 aliphatic rings. The first kappa shape index (κ1) is 14.1. The summed E-state index contributed by atoms with van der Waals surface area (Å²) in [5, 5.41) is 4.79. The van der Waals surface area contributed by atoms with E-state index in [1.165, 1.54) is 16.5 Å². The fourth-order valence-corrected chi connectivity index (χ4v) is 2.15. The average molecular weight is 260 g/mol. The Morgan fingerprint density at radius 1 is 1.26 bits per heavy atom. The minimum Gasteiger partial charge on any atom is -0.381 e. The van der Waals surface area contributed by atoms with Gasteiger partial charge in [-0.1, -0.05) is 26.0 Å². The Morgan fingerprint density at radius 3 is 3.00 bits per heavy atom. The van der Waals surface area contributed by atoms with Crippen LogP contribution in [0.3, 0.4) is 0 Å². The highest BCUT2D eigenvalue weighted by atomic mass is 16.5. The van der Waals surface area contributed by atoms with Crippen LogP contribution in [0.4, 0.5) is 0 Å². The van der Waals surface area contributed by atoms with Crippen LogP contribution in [0.2, 0.25) is 0 Å². The van der Waals surface area contributed by atoms with Gasteiger partial charge >= 0.3 is 0 Å². The van der Waals surface area contributed by atoms with Gasteiger partial charge in [-0.2, -0.15) is 0 Å². The van der Waals surface area contributed by atoms with Crippen molar-refractivity contribution in [2.75, 3.05) is 19.8 Å². The van der Waals surface area contributed by atoms with Crippen LogP contribution in [-0.4, -0.2) is 24.7 Å². The van der Waals surface area contributed by atoms with Gasteiger partial charge in [0.15, 0.2) is 0 Å². The van der Waals surface area contributed by atoms with Gasteiger partial charge in [0.25, 0.3) is 0 Å². The Hall–Kier alpha value is -1.32. The molecule has 0 fully saturated rings. The van der Waals surface area contributed by atoms with Gasteiger partial charge in [0.05, 0.1) is 0 Å². The molecule has 0 spiro atoms. The summed E-state index contributed by atoms with van der Waals surface area (Å²) < 4.78 is 5.56. The van der Waals surface area contributed by atoms with E-state index in [9.17, 15) is 0 Å². The molecule has 1 heterocycles. The molecule has 0 atom stereocenters.